The Hall–Kier alpha value is -1.33. The number of nitrogens with one attached hydrogen (secondary N) is 1. The molecule has 0 bridgehead atoms. The number of unbranched alkanes of at least 4 members (excludes halogenated alkanes) is 17. The zero-order valence-corrected chi connectivity index (χ0v) is 30.5. The maximum Gasteiger partial charge on any atom is 0.220 e. The maximum atomic E-state index is 12.9. The van der Waals surface area contributed by atoms with Gasteiger partial charge in [0.25, 0.3) is 0 Å². The number of aliphatic hydroxyl groups is 5. The zero-order chi connectivity index (χ0) is 35.2. The molecule has 1 aliphatic rings. The van der Waals surface area contributed by atoms with Gasteiger partial charge in [-0.1, -0.05) is 115 Å². The number of allylic oxidation sites excluding steroid dienone is 4. The van der Waals surface area contributed by atoms with Crippen LogP contribution < -0.4 is 5.32 Å². The second-order valence-electron chi connectivity index (χ2n) is 13.7. The lowest BCUT2D eigenvalue weighted by atomic mass is 9.99. The van der Waals surface area contributed by atoms with Gasteiger partial charge in [0.2, 0.25) is 5.91 Å². The number of hydrogen-bond acceptors (Lipinski definition) is 8. The Balaban J connectivity index is 2.42. The third kappa shape index (κ3) is 21.7. The van der Waals surface area contributed by atoms with E-state index in [-0.39, 0.29) is 12.5 Å². The van der Waals surface area contributed by atoms with Gasteiger partial charge in [0, 0.05) is 6.42 Å². The third-order valence-electron chi connectivity index (χ3n) is 9.28. The van der Waals surface area contributed by atoms with Crippen LogP contribution in [0, 0.1) is 0 Å². The SMILES string of the molecule is CCCCCC/C=C/CCCC[C@@H](O)[C@H](CO[C@H]1O[C@@H](CO)[C@H](O)C(O)C1O)NC(=O)CCCCCCC/C=C/CCCCCCCC. The summed E-state index contributed by atoms with van der Waals surface area (Å²) in [7, 11) is 0. The van der Waals surface area contributed by atoms with Crippen molar-refractivity contribution in [3.05, 3.63) is 24.3 Å². The second kappa shape index (κ2) is 30.5. The monoisotopic (exact) mass is 684 g/mol. The molecule has 9 heteroatoms. The first-order valence-electron chi connectivity index (χ1n) is 19.5. The van der Waals surface area contributed by atoms with Gasteiger partial charge in [-0.05, 0) is 64.2 Å². The number of carbonyl (C=O) groups excluding carboxylic acids is 1. The number of ether oxygens (including phenoxy) is 2. The van der Waals surface area contributed by atoms with Crippen LogP contribution in [0.4, 0.5) is 0 Å². The third-order valence-corrected chi connectivity index (χ3v) is 9.28. The molecule has 1 aliphatic heterocycles. The highest BCUT2D eigenvalue weighted by atomic mass is 16.7. The largest absolute Gasteiger partial charge is 0.394 e. The van der Waals surface area contributed by atoms with E-state index >= 15 is 0 Å². The minimum atomic E-state index is -1.56. The predicted octanol–water partition coefficient (Wildman–Crippen LogP) is 6.77. The van der Waals surface area contributed by atoms with Crippen molar-refractivity contribution in [2.24, 2.45) is 0 Å². The van der Waals surface area contributed by atoms with Gasteiger partial charge >= 0.3 is 0 Å². The quantitative estimate of drug-likeness (QED) is 0.0346. The van der Waals surface area contributed by atoms with Crippen molar-refractivity contribution in [1.82, 2.24) is 5.32 Å². The summed E-state index contributed by atoms with van der Waals surface area (Å²) in [6.07, 6.45) is 26.2. The molecule has 0 aromatic carbocycles. The highest BCUT2D eigenvalue weighted by Gasteiger charge is 2.44. The normalized spacial score (nSPS) is 22.9. The summed E-state index contributed by atoms with van der Waals surface area (Å²) in [4.78, 5) is 12.9. The number of aliphatic hydroxyl groups excluding tert-OH is 5. The fourth-order valence-electron chi connectivity index (χ4n) is 6.03. The number of hydrogen-bond donors (Lipinski definition) is 6. The summed E-state index contributed by atoms with van der Waals surface area (Å²) in [5.74, 6) is -0.167. The molecule has 0 spiro atoms. The molecule has 7 atom stereocenters. The van der Waals surface area contributed by atoms with Crippen LogP contribution >= 0.6 is 0 Å². The average Bonchev–Trinajstić information content (AvgIpc) is 3.08. The molecule has 0 radical (unpaired) electrons. The van der Waals surface area contributed by atoms with Crippen LogP contribution in [0.1, 0.15) is 162 Å². The second-order valence-corrected chi connectivity index (χ2v) is 13.7. The van der Waals surface area contributed by atoms with Crippen molar-refractivity contribution >= 4 is 5.91 Å². The minimum Gasteiger partial charge on any atom is -0.394 e. The van der Waals surface area contributed by atoms with E-state index in [9.17, 15) is 30.3 Å². The number of carbonyl (C=O) groups is 1. The topological polar surface area (TPSA) is 149 Å². The van der Waals surface area contributed by atoms with Gasteiger partial charge in [0.05, 0.1) is 25.4 Å². The standard InChI is InChI=1S/C39H73NO8/c1-3-5-7-9-11-13-15-16-17-18-19-21-23-25-27-29-35(43)40-32(31-47-39-38(46)37(45)36(44)34(30-41)48-39)33(42)28-26-24-22-20-14-12-10-8-6-4-2/h14,16-17,20,32-34,36-39,41-42,44-46H,3-13,15,18-19,21-31H2,1-2H3,(H,40,43)/b17-16+,20-14+/t32-,33+,34-,36-,37?,38?,39-/m0/s1. The summed E-state index contributed by atoms with van der Waals surface area (Å²) in [5, 5.41) is 53.9. The lowest BCUT2D eigenvalue weighted by molar-refractivity contribution is -0.302. The summed E-state index contributed by atoms with van der Waals surface area (Å²) < 4.78 is 11.2. The molecule has 1 saturated heterocycles. The fourth-order valence-corrected chi connectivity index (χ4v) is 6.03. The van der Waals surface area contributed by atoms with Crippen LogP contribution in [0.25, 0.3) is 0 Å². The average molecular weight is 684 g/mol. The molecule has 2 unspecified atom stereocenters. The Morgan fingerprint density at radius 3 is 1.71 bits per heavy atom. The Morgan fingerprint density at radius 1 is 0.688 bits per heavy atom. The summed E-state index contributed by atoms with van der Waals surface area (Å²) in [6, 6.07) is -0.734. The van der Waals surface area contributed by atoms with Gasteiger partial charge < -0.3 is 40.3 Å². The van der Waals surface area contributed by atoms with Gasteiger partial charge in [-0.3, -0.25) is 4.79 Å². The smallest absolute Gasteiger partial charge is 0.220 e. The zero-order valence-electron chi connectivity index (χ0n) is 30.5. The Morgan fingerprint density at radius 2 is 1.17 bits per heavy atom. The van der Waals surface area contributed by atoms with Crippen LogP contribution in [-0.4, -0.2) is 87.5 Å². The summed E-state index contributed by atoms with van der Waals surface area (Å²) >= 11 is 0. The van der Waals surface area contributed by atoms with E-state index in [2.05, 4.69) is 43.5 Å². The minimum absolute atomic E-state index is 0.153. The van der Waals surface area contributed by atoms with Gasteiger partial charge in [-0.15, -0.1) is 0 Å². The van der Waals surface area contributed by atoms with Crippen LogP contribution in [0.5, 0.6) is 0 Å². The van der Waals surface area contributed by atoms with Gasteiger partial charge in [0.1, 0.15) is 24.4 Å². The lowest BCUT2D eigenvalue weighted by Crippen LogP contribution is -2.60. The van der Waals surface area contributed by atoms with Crippen LogP contribution in [0.15, 0.2) is 24.3 Å². The Kier molecular flexibility index (Phi) is 28.4. The van der Waals surface area contributed by atoms with Crippen molar-refractivity contribution in [1.29, 1.82) is 0 Å². The molecule has 1 fully saturated rings. The van der Waals surface area contributed by atoms with E-state index in [1.165, 1.54) is 70.6 Å². The molecule has 282 valence electrons. The predicted molar refractivity (Wildman–Crippen MR) is 193 cm³/mol. The van der Waals surface area contributed by atoms with Crippen LogP contribution in [0.2, 0.25) is 0 Å². The van der Waals surface area contributed by atoms with E-state index in [4.69, 9.17) is 9.47 Å². The molecule has 48 heavy (non-hydrogen) atoms. The van der Waals surface area contributed by atoms with Crippen LogP contribution in [0.3, 0.4) is 0 Å². The highest BCUT2D eigenvalue weighted by Crippen LogP contribution is 2.23. The van der Waals surface area contributed by atoms with E-state index in [0.717, 1.165) is 64.2 Å². The van der Waals surface area contributed by atoms with Gasteiger partial charge in [0.15, 0.2) is 6.29 Å². The Labute approximate surface area is 292 Å². The van der Waals surface area contributed by atoms with E-state index in [1.807, 2.05) is 0 Å². The first kappa shape index (κ1) is 44.7. The van der Waals surface area contributed by atoms with Crippen LogP contribution in [-0.2, 0) is 14.3 Å². The van der Waals surface area contributed by atoms with E-state index in [1.54, 1.807) is 0 Å². The van der Waals surface area contributed by atoms with E-state index < -0.39 is 49.5 Å². The molecule has 0 aromatic heterocycles. The molecule has 1 amide bonds. The Bertz CT molecular complexity index is 807. The summed E-state index contributed by atoms with van der Waals surface area (Å²) in [6.45, 7) is 3.75. The van der Waals surface area contributed by atoms with Crippen molar-refractivity contribution in [3.63, 3.8) is 0 Å². The number of amides is 1. The first-order valence-corrected chi connectivity index (χ1v) is 19.5. The molecule has 6 N–H and O–H groups in total. The molecule has 0 aromatic rings. The lowest BCUT2D eigenvalue weighted by Gasteiger charge is -2.40. The summed E-state index contributed by atoms with van der Waals surface area (Å²) in [5.41, 5.74) is 0. The molecule has 1 heterocycles. The molecule has 0 aliphatic carbocycles. The fraction of sp³-hybridized carbons (Fsp3) is 0.872. The molecular formula is C39H73NO8. The first-order chi connectivity index (χ1) is 23.3. The number of rotatable bonds is 31. The van der Waals surface area contributed by atoms with Gasteiger partial charge in [-0.25, -0.2) is 0 Å². The highest BCUT2D eigenvalue weighted by molar-refractivity contribution is 5.76. The molecule has 0 saturated carbocycles. The van der Waals surface area contributed by atoms with Crippen molar-refractivity contribution < 1.29 is 39.8 Å². The molecular weight excluding hydrogens is 610 g/mol. The molecule has 1 rings (SSSR count). The van der Waals surface area contributed by atoms with Crippen molar-refractivity contribution in [2.45, 2.75) is 204 Å². The maximum absolute atomic E-state index is 12.9. The van der Waals surface area contributed by atoms with Crippen molar-refractivity contribution in [2.75, 3.05) is 13.2 Å². The molecule has 9 nitrogen and oxygen atoms in total. The van der Waals surface area contributed by atoms with Gasteiger partial charge in [-0.2, -0.15) is 0 Å². The van der Waals surface area contributed by atoms with Crippen molar-refractivity contribution in [3.8, 4) is 0 Å². The van der Waals surface area contributed by atoms with E-state index in [0.29, 0.717) is 12.8 Å².